The van der Waals surface area contributed by atoms with Crippen LogP contribution in [0.3, 0.4) is 0 Å². The van der Waals surface area contributed by atoms with Crippen molar-refractivity contribution >= 4 is 45.7 Å². The summed E-state index contributed by atoms with van der Waals surface area (Å²) in [6.07, 6.45) is 1.96. The molecule has 156 valence electrons. The van der Waals surface area contributed by atoms with Crippen LogP contribution in [-0.2, 0) is 10.3 Å². The fourth-order valence-corrected chi connectivity index (χ4v) is 4.08. The normalized spacial score (nSPS) is 18.4. The van der Waals surface area contributed by atoms with Crippen molar-refractivity contribution in [1.82, 2.24) is 15.2 Å². The molecule has 3 N–H and O–H groups in total. The van der Waals surface area contributed by atoms with Crippen LogP contribution >= 0.6 is 11.6 Å². The molecular formula is C24H22ClN5O. The number of carbonyl (C=O) groups excluding carboxylic acids is 1. The summed E-state index contributed by atoms with van der Waals surface area (Å²) >= 11 is 6.51. The van der Waals surface area contributed by atoms with Gasteiger partial charge in [0.1, 0.15) is 0 Å². The predicted octanol–water partition coefficient (Wildman–Crippen LogP) is 4.60. The molecule has 0 bridgehead atoms. The van der Waals surface area contributed by atoms with E-state index in [-0.39, 0.29) is 18.3 Å². The van der Waals surface area contributed by atoms with Crippen molar-refractivity contribution in [1.29, 1.82) is 5.41 Å². The number of halogens is 1. The molecule has 1 aromatic heterocycles. The van der Waals surface area contributed by atoms with Gasteiger partial charge in [-0.3, -0.25) is 20.1 Å². The molecule has 0 radical (unpaired) electrons. The quantitative estimate of drug-likeness (QED) is 0.529. The zero-order chi connectivity index (χ0) is 22.2. The number of guanidine groups is 1. The first-order chi connectivity index (χ1) is 14.8. The summed E-state index contributed by atoms with van der Waals surface area (Å²) in [4.78, 5) is 18.3. The number of nitrogens with zero attached hydrogens (tertiary/aromatic N) is 2. The minimum absolute atomic E-state index is 0.0532. The topological polar surface area (TPSA) is 81.1 Å². The number of nitrogens with one attached hydrogen (secondary N) is 3. The van der Waals surface area contributed by atoms with Gasteiger partial charge < -0.3 is 10.6 Å². The summed E-state index contributed by atoms with van der Waals surface area (Å²) in [6, 6.07) is 13.5. The Morgan fingerprint density at radius 1 is 1.29 bits per heavy atom. The lowest BCUT2D eigenvalue weighted by molar-refractivity contribution is -0.129. The highest BCUT2D eigenvalue weighted by Crippen LogP contribution is 2.36. The molecule has 1 amide bonds. The van der Waals surface area contributed by atoms with Crippen molar-refractivity contribution in [2.75, 3.05) is 12.4 Å². The van der Waals surface area contributed by atoms with E-state index in [0.29, 0.717) is 5.02 Å². The van der Waals surface area contributed by atoms with Gasteiger partial charge >= 0.3 is 0 Å². The molecule has 31 heavy (non-hydrogen) atoms. The van der Waals surface area contributed by atoms with E-state index < -0.39 is 5.54 Å². The number of anilines is 2. The first kappa shape index (κ1) is 20.7. The van der Waals surface area contributed by atoms with Crippen LogP contribution in [-0.4, -0.2) is 28.8 Å². The molecule has 6 nitrogen and oxygen atoms in total. The monoisotopic (exact) mass is 431 g/mol. The zero-order valence-corrected chi connectivity index (χ0v) is 18.3. The maximum absolute atomic E-state index is 12.4. The van der Waals surface area contributed by atoms with Gasteiger partial charge in [-0.05, 0) is 49.7 Å². The van der Waals surface area contributed by atoms with E-state index >= 15 is 0 Å². The van der Waals surface area contributed by atoms with Gasteiger partial charge in [0.25, 0.3) is 0 Å². The van der Waals surface area contributed by atoms with Crippen molar-refractivity contribution in [2.24, 2.45) is 0 Å². The molecule has 0 spiro atoms. The van der Waals surface area contributed by atoms with E-state index in [1.54, 1.807) is 26.2 Å². The van der Waals surface area contributed by atoms with Crippen LogP contribution in [0.5, 0.6) is 0 Å². The highest BCUT2D eigenvalue weighted by atomic mass is 35.5. The van der Waals surface area contributed by atoms with Crippen molar-refractivity contribution in [3.63, 3.8) is 0 Å². The van der Waals surface area contributed by atoms with Crippen LogP contribution in [0.2, 0.25) is 5.02 Å². The first-order valence-electron chi connectivity index (χ1n) is 9.82. The molecule has 0 aliphatic carbocycles. The van der Waals surface area contributed by atoms with Gasteiger partial charge in [-0.1, -0.05) is 29.7 Å². The third-order valence-electron chi connectivity index (χ3n) is 5.43. The summed E-state index contributed by atoms with van der Waals surface area (Å²) < 4.78 is 0. The van der Waals surface area contributed by atoms with E-state index in [1.807, 2.05) is 43.3 Å². The zero-order valence-electron chi connectivity index (χ0n) is 17.5. The van der Waals surface area contributed by atoms with Crippen LogP contribution in [0, 0.1) is 17.3 Å². The second-order valence-electron chi connectivity index (χ2n) is 7.73. The van der Waals surface area contributed by atoms with Crippen LogP contribution < -0.4 is 10.6 Å². The smallest absolute Gasteiger partial charge is 0.231 e. The Balaban J connectivity index is 1.70. The van der Waals surface area contributed by atoms with Gasteiger partial charge in [0, 0.05) is 34.9 Å². The molecule has 1 aliphatic rings. The van der Waals surface area contributed by atoms with Crippen molar-refractivity contribution in [2.45, 2.75) is 25.8 Å². The lowest BCUT2D eigenvalue weighted by atomic mass is 9.86. The second-order valence-corrected chi connectivity index (χ2v) is 8.14. The lowest BCUT2D eigenvalue weighted by Crippen LogP contribution is -2.58. The number of rotatable bonds is 3. The van der Waals surface area contributed by atoms with Crippen LogP contribution in [0.15, 0.2) is 48.7 Å². The minimum atomic E-state index is -0.778. The molecule has 2 heterocycles. The highest BCUT2D eigenvalue weighted by Gasteiger charge is 2.39. The van der Waals surface area contributed by atoms with E-state index in [4.69, 9.17) is 17.0 Å². The molecule has 7 heteroatoms. The van der Waals surface area contributed by atoms with Crippen molar-refractivity contribution < 1.29 is 4.79 Å². The van der Waals surface area contributed by atoms with Crippen LogP contribution in [0.25, 0.3) is 10.9 Å². The Labute approximate surface area is 186 Å². The van der Waals surface area contributed by atoms with Gasteiger partial charge in [-0.15, -0.1) is 5.92 Å². The molecule has 3 aromatic rings. The van der Waals surface area contributed by atoms with Crippen molar-refractivity contribution in [3.05, 3.63) is 64.8 Å². The number of amides is 1. The Kier molecular flexibility index (Phi) is 5.30. The molecule has 2 aromatic carbocycles. The number of pyridine rings is 1. The average molecular weight is 432 g/mol. The summed E-state index contributed by atoms with van der Waals surface area (Å²) in [6.45, 7) is 3.68. The third-order valence-corrected chi connectivity index (χ3v) is 5.76. The fourth-order valence-electron chi connectivity index (χ4n) is 3.75. The van der Waals surface area contributed by atoms with Gasteiger partial charge in [-0.25, -0.2) is 0 Å². The lowest BCUT2D eigenvalue weighted by Gasteiger charge is -2.40. The minimum Gasteiger partial charge on any atom is -0.354 e. The van der Waals surface area contributed by atoms with E-state index in [2.05, 4.69) is 27.5 Å². The van der Waals surface area contributed by atoms with Gasteiger partial charge in [0.2, 0.25) is 5.91 Å². The largest absolute Gasteiger partial charge is 0.354 e. The third kappa shape index (κ3) is 3.92. The van der Waals surface area contributed by atoms with Gasteiger partial charge in [0.05, 0.1) is 23.2 Å². The number of hydrogen-bond acceptors (Lipinski definition) is 4. The maximum atomic E-state index is 12.4. The van der Waals surface area contributed by atoms with Crippen LogP contribution in [0.1, 0.15) is 31.4 Å². The summed E-state index contributed by atoms with van der Waals surface area (Å²) in [7, 11) is 1.59. The molecule has 1 saturated heterocycles. The van der Waals surface area contributed by atoms with E-state index in [1.165, 1.54) is 4.90 Å². The number of hydrogen-bond donors (Lipinski definition) is 3. The van der Waals surface area contributed by atoms with Gasteiger partial charge in [0.15, 0.2) is 5.96 Å². The average Bonchev–Trinajstić information content (AvgIpc) is 2.73. The van der Waals surface area contributed by atoms with E-state index in [0.717, 1.165) is 33.4 Å². The van der Waals surface area contributed by atoms with Crippen molar-refractivity contribution in [3.8, 4) is 11.8 Å². The highest BCUT2D eigenvalue weighted by molar-refractivity contribution is 6.31. The molecule has 1 atom stereocenters. The Morgan fingerprint density at radius 2 is 2.10 bits per heavy atom. The number of aromatic nitrogens is 1. The van der Waals surface area contributed by atoms with E-state index in [9.17, 15) is 4.79 Å². The fraction of sp³-hybridized carbons (Fsp3) is 0.208. The molecule has 1 aliphatic heterocycles. The number of carbonyl (C=O) groups is 1. The number of benzene rings is 2. The van der Waals surface area contributed by atoms with Gasteiger partial charge in [-0.2, -0.15) is 0 Å². The summed E-state index contributed by atoms with van der Waals surface area (Å²) in [5, 5.41) is 16.1. The van der Waals surface area contributed by atoms with Crippen LogP contribution in [0.4, 0.5) is 11.4 Å². The Hall–Kier alpha value is -3.56. The number of para-hydroxylation sites is 1. The molecule has 0 saturated carbocycles. The number of fused-ring (bicyclic) bond motifs is 1. The Morgan fingerprint density at radius 3 is 2.84 bits per heavy atom. The molecule has 1 unspecified atom stereocenters. The Bertz CT molecular complexity index is 1260. The standard InChI is InChI=1S/C24H22ClN5O/c1-4-6-15-11-16-7-5-8-20(22(16)27-14-15)28-17-9-10-19(25)18(12-17)24(2)13-21(31)30(3)23(26)29-24/h5,7-12,14,28H,13H2,1-3H3,(H2,26,29). The molecule has 1 fully saturated rings. The summed E-state index contributed by atoms with van der Waals surface area (Å²) in [5.41, 5.74) is 3.34. The summed E-state index contributed by atoms with van der Waals surface area (Å²) in [5.74, 6) is 5.84. The second kappa shape index (κ2) is 7.93. The maximum Gasteiger partial charge on any atom is 0.231 e. The molecule has 4 rings (SSSR count). The predicted molar refractivity (Wildman–Crippen MR) is 125 cm³/mol. The molecular weight excluding hydrogens is 410 g/mol. The SMILES string of the molecule is CC#Cc1cnc2c(Nc3ccc(Cl)c(C4(C)CC(=O)N(C)C(=N)N4)c3)cccc2c1. The first-order valence-corrected chi connectivity index (χ1v) is 10.2.